The number of para-hydroxylation sites is 1. The summed E-state index contributed by atoms with van der Waals surface area (Å²) in [4.78, 5) is 13.2. The molecule has 3 atom stereocenters. The van der Waals surface area contributed by atoms with Crippen LogP contribution in [0.1, 0.15) is 40.1 Å². The third kappa shape index (κ3) is 3.74. The first-order chi connectivity index (χ1) is 16.8. The lowest BCUT2D eigenvalue weighted by molar-refractivity contribution is -0.148. The summed E-state index contributed by atoms with van der Waals surface area (Å²) in [5.74, 6) is -0.737. The van der Waals surface area contributed by atoms with Crippen molar-refractivity contribution < 1.29 is 19.0 Å². The van der Waals surface area contributed by atoms with E-state index in [2.05, 4.69) is 27.1 Å². The number of benzene rings is 2. The third-order valence-electron chi connectivity index (χ3n) is 6.62. The molecule has 35 heavy (non-hydrogen) atoms. The quantitative estimate of drug-likeness (QED) is 0.389. The van der Waals surface area contributed by atoms with Gasteiger partial charge in [0.1, 0.15) is 29.6 Å². The average molecular weight is 535 g/mol. The highest BCUT2D eigenvalue weighted by Gasteiger charge is 2.50. The molecule has 3 aromatic rings. The van der Waals surface area contributed by atoms with Crippen LogP contribution in [0.4, 0.5) is 0 Å². The SMILES string of the molecule is COc1ccc([C@@H]2C(C#N)=C(N)O[C@H]3c4ccccc4OC(=O)[C@H]32)cc1Cn1nc(C)c(Br)c1C. The standard InChI is InChI=1S/C26H23BrN4O4/c1-13-23(27)14(2)31(30-13)12-16-10-15(8-9-19(16)33-3)21-18(11-28)25(29)35-24-17-6-4-5-7-20(17)34-26(32)22(21)24/h4-10,21-22,24H,12,29H2,1-3H3/t21-,22+,24+/m1/s1. The molecule has 2 aliphatic heterocycles. The van der Waals surface area contributed by atoms with Gasteiger partial charge >= 0.3 is 5.97 Å². The molecule has 5 rings (SSSR count). The molecular formula is C26H23BrN4O4. The second-order valence-electron chi connectivity index (χ2n) is 8.60. The van der Waals surface area contributed by atoms with Crippen molar-refractivity contribution in [3.05, 3.63) is 86.5 Å². The van der Waals surface area contributed by atoms with E-state index in [1.807, 2.05) is 48.9 Å². The molecule has 8 nitrogen and oxygen atoms in total. The van der Waals surface area contributed by atoms with E-state index in [0.717, 1.165) is 32.6 Å². The number of nitrogens with two attached hydrogens (primary N) is 1. The van der Waals surface area contributed by atoms with E-state index in [4.69, 9.17) is 19.9 Å². The molecule has 0 fully saturated rings. The molecular weight excluding hydrogens is 512 g/mol. The van der Waals surface area contributed by atoms with Crippen molar-refractivity contribution >= 4 is 21.9 Å². The van der Waals surface area contributed by atoms with E-state index in [0.29, 0.717) is 18.0 Å². The Kier molecular flexibility index (Phi) is 5.77. The zero-order chi connectivity index (χ0) is 24.9. The predicted molar refractivity (Wildman–Crippen MR) is 130 cm³/mol. The van der Waals surface area contributed by atoms with Crippen LogP contribution in [0.5, 0.6) is 11.5 Å². The summed E-state index contributed by atoms with van der Waals surface area (Å²) in [6.45, 7) is 4.36. The Bertz CT molecular complexity index is 1420. The third-order valence-corrected chi connectivity index (χ3v) is 7.77. The molecule has 0 unspecified atom stereocenters. The van der Waals surface area contributed by atoms with Crippen LogP contribution in [0.3, 0.4) is 0 Å². The number of ether oxygens (including phenoxy) is 3. The Morgan fingerprint density at radius 3 is 2.71 bits per heavy atom. The van der Waals surface area contributed by atoms with Gasteiger partial charge in [-0.3, -0.25) is 9.48 Å². The van der Waals surface area contributed by atoms with Crippen molar-refractivity contribution in [1.82, 2.24) is 9.78 Å². The maximum atomic E-state index is 13.2. The van der Waals surface area contributed by atoms with Crippen LogP contribution in [-0.2, 0) is 16.1 Å². The van der Waals surface area contributed by atoms with E-state index in [-0.39, 0.29) is 11.5 Å². The number of aryl methyl sites for hydroxylation is 1. The molecule has 2 N–H and O–H groups in total. The highest BCUT2D eigenvalue weighted by Crippen LogP contribution is 2.51. The zero-order valence-corrected chi connectivity index (χ0v) is 21.0. The summed E-state index contributed by atoms with van der Waals surface area (Å²) in [5, 5.41) is 14.6. The zero-order valence-electron chi connectivity index (χ0n) is 19.4. The predicted octanol–water partition coefficient (Wildman–Crippen LogP) is 4.40. The summed E-state index contributed by atoms with van der Waals surface area (Å²) in [7, 11) is 1.61. The molecule has 0 amide bonds. The van der Waals surface area contributed by atoms with Gasteiger partial charge in [0, 0.05) is 17.0 Å². The number of carbonyl (C=O) groups excluding carboxylic acids is 1. The van der Waals surface area contributed by atoms with E-state index < -0.39 is 23.9 Å². The molecule has 0 saturated heterocycles. The highest BCUT2D eigenvalue weighted by atomic mass is 79.9. The largest absolute Gasteiger partial charge is 0.496 e. The minimum Gasteiger partial charge on any atom is -0.496 e. The number of nitriles is 1. The number of rotatable bonds is 4. The molecule has 3 heterocycles. The second-order valence-corrected chi connectivity index (χ2v) is 9.40. The van der Waals surface area contributed by atoms with Gasteiger partial charge in [0.15, 0.2) is 5.88 Å². The monoisotopic (exact) mass is 534 g/mol. The average Bonchev–Trinajstić information content (AvgIpc) is 3.09. The Morgan fingerprint density at radius 1 is 1.26 bits per heavy atom. The number of fused-ring (bicyclic) bond motifs is 3. The summed E-state index contributed by atoms with van der Waals surface area (Å²) >= 11 is 3.57. The van der Waals surface area contributed by atoms with Gasteiger partial charge in [-0.25, -0.2) is 0 Å². The Balaban J connectivity index is 1.63. The van der Waals surface area contributed by atoms with Crippen LogP contribution in [0, 0.1) is 31.1 Å². The minimum absolute atomic E-state index is 0.0168. The number of hydrogen-bond donors (Lipinski definition) is 1. The van der Waals surface area contributed by atoms with Crippen LogP contribution in [0.2, 0.25) is 0 Å². The van der Waals surface area contributed by atoms with E-state index >= 15 is 0 Å². The van der Waals surface area contributed by atoms with E-state index in [9.17, 15) is 10.1 Å². The normalized spacial score (nSPS) is 20.9. The van der Waals surface area contributed by atoms with Gasteiger partial charge in [0.25, 0.3) is 0 Å². The van der Waals surface area contributed by atoms with Crippen molar-refractivity contribution in [1.29, 1.82) is 5.26 Å². The topological polar surface area (TPSA) is 112 Å². The number of carbonyl (C=O) groups is 1. The Labute approximate surface area is 211 Å². The number of hydrogen-bond acceptors (Lipinski definition) is 7. The summed E-state index contributed by atoms with van der Waals surface area (Å²) < 4.78 is 20.0. The van der Waals surface area contributed by atoms with Crippen molar-refractivity contribution in [3.63, 3.8) is 0 Å². The second kappa shape index (κ2) is 8.78. The fourth-order valence-corrected chi connectivity index (χ4v) is 5.17. The van der Waals surface area contributed by atoms with Crippen molar-refractivity contribution in [2.75, 3.05) is 7.11 Å². The molecule has 9 heteroatoms. The van der Waals surface area contributed by atoms with E-state index in [1.165, 1.54) is 0 Å². The van der Waals surface area contributed by atoms with E-state index in [1.54, 1.807) is 19.2 Å². The number of esters is 1. The van der Waals surface area contributed by atoms with Crippen molar-refractivity contribution in [3.8, 4) is 17.6 Å². The lowest BCUT2D eigenvalue weighted by Crippen LogP contribution is -2.41. The summed E-state index contributed by atoms with van der Waals surface area (Å²) in [6.07, 6.45) is -0.660. The molecule has 2 aromatic carbocycles. The fourth-order valence-electron chi connectivity index (χ4n) is 4.89. The van der Waals surface area contributed by atoms with Gasteiger partial charge in [-0.05, 0) is 53.5 Å². The molecule has 0 spiro atoms. The highest BCUT2D eigenvalue weighted by molar-refractivity contribution is 9.10. The van der Waals surface area contributed by atoms with Crippen LogP contribution in [-0.4, -0.2) is 22.9 Å². The molecule has 0 aliphatic carbocycles. The van der Waals surface area contributed by atoms with Gasteiger partial charge in [0.2, 0.25) is 0 Å². The maximum Gasteiger partial charge on any atom is 0.319 e. The number of halogens is 1. The van der Waals surface area contributed by atoms with Crippen LogP contribution < -0.4 is 15.2 Å². The Hall–Kier alpha value is -3.77. The van der Waals surface area contributed by atoms with Gasteiger partial charge in [-0.15, -0.1) is 0 Å². The van der Waals surface area contributed by atoms with Crippen LogP contribution >= 0.6 is 15.9 Å². The first-order valence-corrected chi connectivity index (χ1v) is 11.9. The smallest absolute Gasteiger partial charge is 0.319 e. The number of nitrogens with zero attached hydrogens (tertiary/aromatic N) is 3. The number of methoxy groups -OCH3 is 1. The lowest BCUT2D eigenvalue weighted by atomic mass is 9.73. The first-order valence-electron chi connectivity index (χ1n) is 11.1. The first kappa shape index (κ1) is 23.0. The number of allylic oxidation sites excluding steroid dienone is 1. The molecule has 0 saturated carbocycles. The molecule has 2 aliphatic rings. The molecule has 1 aromatic heterocycles. The fraction of sp³-hybridized carbons (Fsp3) is 0.269. The van der Waals surface area contributed by atoms with Gasteiger partial charge in [-0.1, -0.05) is 24.3 Å². The lowest BCUT2D eigenvalue weighted by Gasteiger charge is -2.40. The Morgan fingerprint density at radius 2 is 2.03 bits per heavy atom. The van der Waals surface area contributed by atoms with Crippen molar-refractivity contribution in [2.24, 2.45) is 11.7 Å². The van der Waals surface area contributed by atoms with Gasteiger partial charge < -0.3 is 19.9 Å². The maximum absolute atomic E-state index is 13.2. The van der Waals surface area contributed by atoms with Gasteiger partial charge in [-0.2, -0.15) is 10.4 Å². The van der Waals surface area contributed by atoms with Crippen LogP contribution in [0.15, 0.2) is 58.4 Å². The minimum atomic E-state index is -0.768. The molecule has 0 bridgehead atoms. The number of aromatic nitrogens is 2. The van der Waals surface area contributed by atoms with Gasteiger partial charge in [0.05, 0.1) is 35.1 Å². The summed E-state index contributed by atoms with van der Waals surface area (Å²) in [6, 6.07) is 15.0. The molecule has 178 valence electrons. The van der Waals surface area contributed by atoms with Crippen molar-refractivity contribution in [2.45, 2.75) is 32.4 Å². The van der Waals surface area contributed by atoms with Crippen LogP contribution in [0.25, 0.3) is 0 Å². The molecule has 0 radical (unpaired) electrons. The summed E-state index contributed by atoms with van der Waals surface area (Å²) in [5.41, 5.74) is 10.6.